The zero-order valence-corrected chi connectivity index (χ0v) is 15.6. The van der Waals surface area contributed by atoms with Crippen LogP contribution < -0.4 is 18.5 Å². The number of hydrogen-bond acceptors (Lipinski definition) is 5. The summed E-state index contributed by atoms with van der Waals surface area (Å²) in [7, 11) is -7.88. The van der Waals surface area contributed by atoms with Crippen LogP contribution in [0.15, 0.2) is 53.4 Å². The van der Waals surface area contributed by atoms with Gasteiger partial charge in [0.1, 0.15) is 5.75 Å². The molecule has 2 N–H and O–H groups in total. The number of nitrogens with zero attached hydrogens (tertiary/aromatic N) is 1. The second-order valence-electron chi connectivity index (χ2n) is 5.61. The van der Waals surface area contributed by atoms with E-state index in [0.717, 1.165) is 28.6 Å². The van der Waals surface area contributed by atoms with Gasteiger partial charge in [0.05, 0.1) is 16.3 Å². The van der Waals surface area contributed by atoms with Crippen molar-refractivity contribution in [2.75, 3.05) is 22.1 Å². The van der Waals surface area contributed by atoms with Crippen LogP contribution in [0.2, 0.25) is 0 Å². The standard InChI is InChI=1S/C15H14F3N3O5S2/c16-15(17,18)26-11-5-7-12(8-6-11)27(22,23)19-9-10-21-14-4-2-1-3-13(14)20-28(21,24)25/h1-8,19-20H,9-10H2. The summed E-state index contributed by atoms with van der Waals surface area (Å²) >= 11 is 0. The minimum Gasteiger partial charge on any atom is -0.406 e. The molecular formula is C15H14F3N3O5S2. The number of para-hydroxylation sites is 2. The van der Waals surface area contributed by atoms with Crippen LogP contribution in [-0.2, 0) is 20.2 Å². The Bertz CT molecular complexity index is 1070. The Labute approximate surface area is 159 Å². The first kappa shape index (κ1) is 20.2. The Morgan fingerprint density at radius 2 is 1.71 bits per heavy atom. The van der Waals surface area contributed by atoms with Crippen molar-refractivity contribution in [3.8, 4) is 5.75 Å². The Hall–Kier alpha value is -2.51. The van der Waals surface area contributed by atoms with Crippen molar-refractivity contribution >= 4 is 31.6 Å². The zero-order chi connectivity index (χ0) is 20.6. The van der Waals surface area contributed by atoms with Gasteiger partial charge in [0.15, 0.2) is 0 Å². The lowest BCUT2D eigenvalue weighted by atomic mass is 10.3. The lowest BCUT2D eigenvalue weighted by molar-refractivity contribution is -0.274. The largest absolute Gasteiger partial charge is 0.573 e. The van der Waals surface area contributed by atoms with Crippen molar-refractivity contribution in [1.29, 1.82) is 0 Å². The smallest absolute Gasteiger partial charge is 0.406 e. The first-order valence-corrected chi connectivity index (χ1v) is 10.7. The molecule has 0 amide bonds. The van der Waals surface area contributed by atoms with Gasteiger partial charge in [-0.3, -0.25) is 9.03 Å². The maximum absolute atomic E-state index is 12.3. The van der Waals surface area contributed by atoms with Crippen LogP contribution in [0.4, 0.5) is 24.5 Å². The highest BCUT2D eigenvalue weighted by Gasteiger charge is 2.32. The number of rotatable bonds is 6. The molecule has 2 aromatic rings. The number of sulfonamides is 1. The molecule has 1 heterocycles. The fraction of sp³-hybridized carbons (Fsp3) is 0.200. The first-order valence-electron chi connectivity index (χ1n) is 7.73. The zero-order valence-electron chi connectivity index (χ0n) is 14.0. The van der Waals surface area contributed by atoms with Gasteiger partial charge in [-0.1, -0.05) is 12.1 Å². The lowest BCUT2D eigenvalue weighted by Gasteiger charge is -2.17. The van der Waals surface area contributed by atoms with Crippen molar-refractivity contribution in [1.82, 2.24) is 4.72 Å². The number of anilines is 2. The minimum absolute atomic E-state index is 0.180. The van der Waals surface area contributed by atoms with Crippen molar-refractivity contribution in [2.24, 2.45) is 0 Å². The lowest BCUT2D eigenvalue weighted by Crippen LogP contribution is -2.37. The molecule has 28 heavy (non-hydrogen) atoms. The number of nitrogens with one attached hydrogen (secondary N) is 2. The van der Waals surface area contributed by atoms with E-state index >= 15 is 0 Å². The molecule has 0 spiro atoms. The van der Waals surface area contributed by atoms with E-state index in [1.165, 1.54) is 0 Å². The van der Waals surface area contributed by atoms with Crippen LogP contribution in [0, 0.1) is 0 Å². The molecule has 0 bridgehead atoms. The Morgan fingerprint density at radius 3 is 2.36 bits per heavy atom. The highest BCUT2D eigenvalue weighted by molar-refractivity contribution is 7.94. The molecule has 152 valence electrons. The summed E-state index contributed by atoms with van der Waals surface area (Å²) in [6.07, 6.45) is -4.88. The van der Waals surface area contributed by atoms with E-state index in [1.54, 1.807) is 24.3 Å². The van der Waals surface area contributed by atoms with Crippen LogP contribution in [0.5, 0.6) is 5.75 Å². The van der Waals surface area contributed by atoms with E-state index in [4.69, 9.17) is 0 Å². The van der Waals surface area contributed by atoms with Gasteiger partial charge >= 0.3 is 16.6 Å². The van der Waals surface area contributed by atoms with Crippen LogP contribution in [-0.4, -0.2) is 36.3 Å². The SMILES string of the molecule is O=S(=O)(NCCN1c2ccccc2NS1(=O)=O)c1ccc(OC(F)(F)F)cc1. The second kappa shape index (κ2) is 7.14. The van der Waals surface area contributed by atoms with E-state index < -0.39 is 32.3 Å². The summed E-state index contributed by atoms with van der Waals surface area (Å²) in [4.78, 5) is -0.287. The van der Waals surface area contributed by atoms with Gasteiger partial charge in [0.25, 0.3) is 0 Å². The van der Waals surface area contributed by atoms with Gasteiger partial charge in [-0.15, -0.1) is 13.2 Å². The predicted octanol–water partition coefficient (Wildman–Crippen LogP) is 2.04. The van der Waals surface area contributed by atoms with Crippen molar-refractivity contribution in [3.63, 3.8) is 0 Å². The number of ether oxygens (including phenoxy) is 1. The second-order valence-corrected chi connectivity index (χ2v) is 8.98. The summed E-state index contributed by atoms with van der Waals surface area (Å²) in [5.41, 5.74) is 0.765. The minimum atomic E-state index is -4.88. The molecule has 3 rings (SSSR count). The molecule has 0 aromatic heterocycles. The Morgan fingerprint density at radius 1 is 1.07 bits per heavy atom. The summed E-state index contributed by atoms with van der Waals surface area (Å²) in [5, 5.41) is 0. The molecule has 0 aliphatic carbocycles. The van der Waals surface area contributed by atoms with Crippen LogP contribution in [0.25, 0.3) is 0 Å². The quantitative estimate of drug-likeness (QED) is 0.720. The maximum atomic E-state index is 12.3. The number of halogens is 3. The summed E-state index contributed by atoms with van der Waals surface area (Å²) in [6.45, 7) is -0.431. The summed E-state index contributed by atoms with van der Waals surface area (Å²) < 4.78 is 94.5. The molecule has 1 aliphatic rings. The van der Waals surface area contributed by atoms with Crippen molar-refractivity contribution in [3.05, 3.63) is 48.5 Å². The number of hydrogen-bond donors (Lipinski definition) is 2. The number of benzene rings is 2. The van der Waals surface area contributed by atoms with Gasteiger partial charge in [0.2, 0.25) is 10.0 Å². The Balaban J connectivity index is 1.66. The van der Waals surface area contributed by atoms with Gasteiger partial charge < -0.3 is 4.74 Å². The highest BCUT2D eigenvalue weighted by atomic mass is 32.2. The summed E-state index contributed by atoms with van der Waals surface area (Å²) in [6, 6.07) is 10.1. The van der Waals surface area contributed by atoms with Gasteiger partial charge in [-0.25, -0.2) is 13.1 Å². The van der Waals surface area contributed by atoms with Gasteiger partial charge in [-0.2, -0.15) is 8.42 Å². The van der Waals surface area contributed by atoms with Crippen LogP contribution in [0.3, 0.4) is 0 Å². The van der Waals surface area contributed by atoms with Crippen molar-refractivity contribution in [2.45, 2.75) is 11.3 Å². The topological polar surface area (TPSA) is 105 Å². The van der Waals surface area contributed by atoms with Crippen molar-refractivity contribution < 1.29 is 34.7 Å². The normalized spacial score (nSPS) is 15.8. The Kier molecular flexibility index (Phi) is 5.16. The fourth-order valence-corrected chi connectivity index (χ4v) is 4.86. The molecule has 0 fully saturated rings. The highest BCUT2D eigenvalue weighted by Crippen LogP contribution is 2.34. The molecule has 13 heteroatoms. The molecule has 0 saturated carbocycles. The van der Waals surface area contributed by atoms with Crippen LogP contribution >= 0.6 is 0 Å². The average molecular weight is 437 g/mol. The maximum Gasteiger partial charge on any atom is 0.573 e. The predicted molar refractivity (Wildman–Crippen MR) is 94.6 cm³/mol. The van der Waals surface area contributed by atoms with Crippen LogP contribution in [0.1, 0.15) is 0 Å². The van der Waals surface area contributed by atoms with Gasteiger partial charge in [0, 0.05) is 13.1 Å². The first-order chi connectivity index (χ1) is 13.0. The molecule has 0 unspecified atom stereocenters. The number of fused-ring (bicyclic) bond motifs is 1. The van der Waals surface area contributed by atoms with E-state index in [-0.39, 0.29) is 18.0 Å². The molecular weight excluding hydrogens is 423 g/mol. The monoisotopic (exact) mass is 437 g/mol. The third kappa shape index (κ3) is 4.48. The fourth-order valence-electron chi connectivity index (χ4n) is 2.53. The molecule has 8 nitrogen and oxygen atoms in total. The molecule has 1 aliphatic heterocycles. The van der Waals surface area contributed by atoms with E-state index in [2.05, 4.69) is 14.2 Å². The van der Waals surface area contributed by atoms with E-state index in [1.807, 2.05) is 0 Å². The molecule has 0 radical (unpaired) electrons. The third-order valence-electron chi connectivity index (χ3n) is 3.68. The molecule has 0 atom stereocenters. The average Bonchev–Trinajstić information content (AvgIpc) is 2.84. The third-order valence-corrected chi connectivity index (χ3v) is 6.59. The van der Waals surface area contributed by atoms with E-state index in [9.17, 15) is 30.0 Å². The number of alkyl halides is 3. The van der Waals surface area contributed by atoms with E-state index in [0.29, 0.717) is 11.4 Å². The summed E-state index contributed by atoms with van der Waals surface area (Å²) in [5.74, 6) is -0.558. The molecule has 0 saturated heterocycles. The van der Waals surface area contributed by atoms with Gasteiger partial charge in [-0.05, 0) is 36.4 Å². The molecule has 2 aromatic carbocycles.